The van der Waals surface area contributed by atoms with Crippen molar-refractivity contribution in [3.8, 4) is 23.0 Å². The Morgan fingerprint density at radius 3 is 1.64 bits per heavy atom. The van der Waals surface area contributed by atoms with Gasteiger partial charge in [-0.1, -0.05) is 6.07 Å². The number of ether oxygens (including phenoxy) is 4. The lowest BCUT2D eigenvalue weighted by atomic mass is 10.1. The van der Waals surface area contributed by atoms with E-state index in [-0.39, 0.29) is 24.8 Å². The van der Waals surface area contributed by atoms with E-state index < -0.39 is 0 Å². The van der Waals surface area contributed by atoms with Crippen LogP contribution >= 0.6 is 0 Å². The van der Waals surface area contributed by atoms with E-state index in [2.05, 4.69) is 0 Å². The van der Waals surface area contributed by atoms with Gasteiger partial charge in [0.25, 0.3) is 0 Å². The van der Waals surface area contributed by atoms with Crippen molar-refractivity contribution in [3.05, 3.63) is 83.4 Å². The zero-order valence-corrected chi connectivity index (χ0v) is 18.7. The van der Waals surface area contributed by atoms with Crippen LogP contribution in [0.15, 0.2) is 66.7 Å². The number of rotatable bonds is 12. The van der Waals surface area contributed by atoms with Crippen molar-refractivity contribution in [2.75, 3.05) is 34.0 Å². The molecule has 0 heterocycles. The van der Waals surface area contributed by atoms with Gasteiger partial charge >= 0.3 is 0 Å². The lowest BCUT2D eigenvalue weighted by molar-refractivity contribution is 0.0895. The number of benzene rings is 3. The van der Waals surface area contributed by atoms with Gasteiger partial charge in [0, 0.05) is 11.1 Å². The topological polar surface area (TPSA) is 97.1 Å². The SMILES string of the molecule is COc1ccc(C(=O)COc2ccc(CCN)cc2OCC(=O)c2ccc(OC)cc2)cc1. The molecule has 7 heteroatoms. The van der Waals surface area contributed by atoms with E-state index in [9.17, 15) is 9.59 Å². The van der Waals surface area contributed by atoms with Crippen LogP contribution in [0.4, 0.5) is 0 Å². The van der Waals surface area contributed by atoms with E-state index >= 15 is 0 Å². The molecule has 33 heavy (non-hydrogen) atoms. The number of ketones is 2. The van der Waals surface area contributed by atoms with E-state index in [0.29, 0.717) is 47.1 Å². The van der Waals surface area contributed by atoms with E-state index in [1.165, 1.54) is 0 Å². The highest BCUT2D eigenvalue weighted by molar-refractivity contribution is 5.98. The average Bonchev–Trinajstić information content (AvgIpc) is 2.86. The first-order valence-electron chi connectivity index (χ1n) is 10.5. The molecule has 0 saturated heterocycles. The molecule has 0 spiro atoms. The van der Waals surface area contributed by atoms with Gasteiger partial charge in [0.05, 0.1) is 14.2 Å². The van der Waals surface area contributed by atoms with Crippen molar-refractivity contribution in [1.29, 1.82) is 0 Å². The molecule has 0 atom stereocenters. The summed E-state index contributed by atoms with van der Waals surface area (Å²) >= 11 is 0. The summed E-state index contributed by atoms with van der Waals surface area (Å²) in [6.07, 6.45) is 0.647. The summed E-state index contributed by atoms with van der Waals surface area (Å²) in [5.74, 6) is 1.70. The van der Waals surface area contributed by atoms with Crippen LogP contribution in [0.25, 0.3) is 0 Å². The van der Waals surface area contributed by atoms with Crippen LogP contribution in [0.5, 0.6) is 23.0 Å². The smallest absolute Gasteiger partial charge is 0.200 e. The monoisotopic (exact) mass is 449 g/mol. The van der Waals surface area contributed by atoms with Gasteiger partial charge < -0.3 is 24.7 Å². The fourth-order valence-corrected chi connectivity index (χ4v) is 3.11. The van der Waals surface area contributed by atoms with Crippen LogP contribution in [0.3, 0.4) is 0 Å². The van der Waals surface area contributed by atoms with Crippen LogP contribution in [0.2, 0.25) is 0 Å². The zero-order valence-electron chi connectivity index (χ0n) is 18.7. The highest BCUT2D eigenvalue weighted by atomic mass is 16.5. The summed E-state index contributed by atoms with van der Waals surface area (Å²) in [6, 6.07) is 18.9. The molecule has 172 valence electrons. The minimum atomic E-state index is -0.192. The second kappa shape index (κ2) is 11.7. The molecule has 0 aromatic heterocycles. The summed E-state index contributed by atoms with van der Waals surface area (Å²) in [6.45, 7) is 0.118. The molecule has 7 nitrogen and oxygen atoms in total. The second-order valence-corrected chi connectivity index (χ2v) is 7.20. The molecule has 0 bridgehead atoms. The van der Waals surface area contributed by atoms with E-state index in [1.807, 2.05) is 6.07 Å². The van der Waals surface area contributed by atoms with Gasteiger partial charge in [-0.3, -0.25) is 9.59 Å². The van der Waals surface area contributed by atoms with Crippen molar-refractivity contribution in [3.63, 3.8) is 0 Å². The van der Waals surface area contributed by atoms with E-state index in [1.54, 1.807) is 74.9 Å². The summed E-state index contributed by atoms with van der Waals surface area (Å²) in [5.41, 5.74) is 7.62. The Labute approximate surface area is 193 Å². The van der Waals surface area contributed by atoms with Crippen LogP contribution < -0.4 is 24.7 Å². The normalized spacial score (nSPS) is 10.4. The highest BCUT2D eigenvalue weighted by Gasteiger charge is 2.14. The predicted octanol–water partition coefficient (Wildman–Crippen LogP) is 3.73. The number of methoxy groups -OCH3 is 2. The quantitative estimate of drug-likeness (QED) is 0.421. The van der Waals surface area contributed by atoms with Gasteiger partial charge in [0.1, 0.15) is 11.5 Å². The largest absolute Gasteiger partial charge is 0.497 e. The fourth-order valence-electron chi connectivity index (χ4n) is 3.11. The van der Waals surface area contributed by atoms with Crippen LogP contribution in [-0.2, 0) is 6.42 Å². The number of hydrogen-bond donors (Lipinski definition) is 1. The lowest BCUT2D eigenvalue weighted by Gasteiger charge is -2.14. The number of nitrogens with two attached hydrogens (primary N) is 1. The molecule has 3 aromatic rings. The lowest BCUT2D eigenvalue weighted by Crippen LogP contribution is -2.15. The maximum atomic E-state index is 12.6. The first-order chi connectivity index (χ1) is 16.0. The minimum Gasteiger partial charge on any atom is -0.497 e. The summed E-state index contributed by atoms with van der Waals surface area (Å²) < 4.78 is 21.8. The van der Waals surface area contributed by atoms with Crippen molar-refractivity contribution >= 4 is 11.6 Å². The van der Waals surface area contributed by atoms with E-state index in [4.69, 9.17) is 24.7 Å². The molecule has 2 N–H and O–H groups in total. The van der Waals surface area contributed by atoms with Gasteiger partial charge in [0.15, 0.2) is 36.3 Å². The Bertz CT molecular complexity index is 1080. The highest BCUT2D eigenvalue weighted by Crippen LogP contribution is 2.29. The molecule has 0 amide bonds. The van der Waals surface area contributed by atoms with Crippen LogP contribution in [-0.4, -0.2) is 45.5 Å². The minimum absolute atomic E-state index is 0.175. The van der Waals surface area contributed by atoms with Crippen LogP contribution in [0.1, 0.15) is 26.3 Å². The fraction of sp³-hybridized carbons (Fsp3) is 0.231. The predicted molar refractivity (Wildman–Crippen MR) is 125 cm³/mol. The van der Waals surface area contributed by atoms with Crippen molar-refractivity contribution < 1.29 is 28.5 Å². The first kappa shape index (κ1) is 23.8. The molecule has 0 aliphatic rings. The second-order valence-electron chi connectivity index (χ2n) is 7.20. The Balaban J connectivity index is 1.69. The molecule has 0 radical (unpaired) electrons. The maximum absolute atomic E-state index is 12.6. The molecular weight excluding hydrogens is 422 g/mol. The molecule has 0 saturated carbocycles. The molecule has 0 unspecified atom stereocenters. The first-order valence-corrected chi connectivity index (χ1v) is 10.5. The molecule has 0 aliphatic carbocycles. The number of hydrogen-bond acceptors (Lipinski definition) is 7. The van der Waals surface area contributed by atoms with Crippen molar-refractivity contribution in [2.24, 2.45) is 5.73 Å². The van der Waals surface area contributed by atoms with Crippen molar-refractivity contribution in [1.82, 2.24) is 0 Å². The molecule has 0 aliphatic heterocycles. The Morgan fingerprint density at radius 1 is 0.697 bits per heavy atom. The Kier molecular flexibility index (Phi) is 8.43. The Morgan fingerprint density at radius 2 is 1.18 bits per heavy atom. The number of carbonyl (C=O) groups is 2. The number of carbonyl (C=O) groups excluding carboxylic acids is 2. The molecule has 3 rings (SSSR count). The number of Topliss-reactive ketones (excluding diaryl/α,β-unsaturated/α-hetero) is 2. The average molecular weight is 450 g/mol. The van der Waals surface area contributed by atoms with Gasteiger partial charge in [-0.15, -0.1) is 0 Å². The van der Waals surface area contributed by atoms with Crippen molar-refractivity contribution in [2.45, 2.75) is 6.42 Å². The van der Waals surface area contributed by atoms with E-state index in [0.717, 1.165) is 5.56 Å². The van der Waals surface area contributed by atoms with Crippen LogP contribution in [0, 0.1) is 0 Å². The summed E-state index contributed by atoms with van der Waals surface area (Å²) in [7, 11) is 3.13. The Hall–Kier alpha value is -3.84. The molecular formula is C26H27NO6. The van der Waals surface area contributed by atoms with Gasteiger partial charge in [-0.2, -0.15) is 0 Å². The van der Waals surface area contributed by atoms with Gasteiger partial charge in [-0.05, 0) is 79.2 Å². The molecule has 0 fully saturated rings. The summed E-state index contributed by atoms with van der Waals surface area (Å²) in [4.78, 5) is 25.1. The third-order valence-electron chi connectivity index (χ3n) is 4.98. The third kappa shape index (κ3) is 6.57. The third-order valence-corrected chi connectivity index (χ3v) is 4.98. The standard InChI is InChI=1S/C26H27NO6/c1-30-21-8-4-19(5-9-21)23(28)16-32-25-12-3-18(13-14-27)15-26(25)33-17-24(29)20-6-10-22(31-2)11-7-20/h3-12,15H,13-14,16-17,27H2,1-2H3. The summed E-state index contributed by atoms with van der Waals surface area (Å²) in [5, 5.41) is 0. The molecule has 3 aromatic carbocycles. The zero-order chi connectivity index (χ0) is 23.6. The maximum Gasteiger partial charge on any atom is 0.200 e. The van der Waals surface area contributed by atoms with Gasteiger partial charge in [-0.25, -0.2) is 0 Å². The van der Waals surface area contributed by atoms with Gasteiger partial charge in [0.2, 0.25) is 0 Å².